The second-order valence-electron chi connectivity index (χ2n) is 6.61. The van der Waals surface area contributed by atoms with Crippen LogP contribution in [-0.2, 0) is 9.59 Å². The van der Waals surface area contributed by atoms with Crippen LogP contribution in [0.4, 0.5) is 10.5 Å². The molecule has 0 radical (unpaired) electrons. The van der Waals surface area contributed by atoms with Crippen LogP contribution >= 0.6 is 11.8 Å². The van der Waals surface area contributed by atoms with Crippen molar-refractivity contribution in [3.05, 3.63) is 77.2 Å². The van der Waals surface area contributed by atoms with E-state index in [0.717, 1.165) is 33.0 Å². The molecule has 1 N–H and O–H groups in total. The standard InChI is InChI=1S/C23H18N2O4S/c1-29-18-11-9-17(10-12-18)24-21(26)14-25-22(27)20(30-23(25)28)13-16-7-4-6-15-5-2-3-8-19(15)16/h2-13H,14H2,1H3,(H,24,26)/b20-13+. The number of fused-ring (bicyclic) bond motifs is 1. The highest BCUT2D eigenvalue weighted by atomic mass is 32.2. The molecule has 1 aliphatic rings. The molecule has 1 fully saturated rings. The van der Waals surface area contributed by atoms with Gasteiger partial charge in [-0.3, -0.25) is 19.3 Å². The summed E-state index contributed by atoms with van der Waals surface area (Å²) in [6.07, 6.45) is 1.70. The van der Waals surface area contributed by atoms with Crippen molar-refractivity contribution in [3.63, 3.8) is 0 Å². The topological polar surface area (TPSA) is 75.7 Å². The number of thioether (sulfide) groups is 1. The predicted molar refractivity (Wildman–Crippen MR) is 118 cm³/mol. The number of rotatable bonds is 5. The van der Waals surface area contributed by atoms with E-state index in [0.29, 0.717) is 16.3 Å². The van der Waals surface area contributed by atoms with Crippen LogP contribution in [0.2, 0.25) is 0 Å². The summed E-state index contributed by atoms with van der Waals surface area (Å²) in [5.74, 6) is -0.255. The van der Waals surface area contributed by atoms with Gasteiger partial charge in [-0.1, -0.05) is 42.5 Å². The number of carbonyl (C=O) groups excluding carboxylic acids is 3. The number of amides is 3. The molecule has 0 atom stereocenters. The maximum Gasteiger partial charge on any atom is 0.294 e. The van der Waals surface area contributed by atoms with Crippen LogP contribution in [0.15, 0.2) is 71.6 Å². The summed E-state index contributed by atoms with van der Waals surface area (Å²) in [4.78, 5) is 38.7. The minimum atomic E-state index is -0.470. The van der Waals surface area contributed by atoms with E-state index < -0.39 is 17.1 Å². The smallest absolute Gasteiger partial charge is 0.294 e. The van der Waals surface area contributed by atoms with Gasteiger partial charge in [0.25, 0.3) is 11.1 Å². The molecule has 0 aromatic heterocycles. The Balaban J connectivity index is 1.49. The number of benzene rings is 3. The Kier molecular flexibility index (Phi) is 5.54. The number of imide groups is 1. The molecule has 30 heavy (non-hydrogen) atoms. The fraction of sp³-hybridized carbons (Fsp3) is 0.0870. The highest BCUT2D eigenvalue weighted by molar-refractivity contribution is 8.18. The number of nitrogens with one attached hydrogen (secondary N) is 1. The molecular formula is C23H18N2O4S. The van der Waals surface area contributed by atoms with Crippen molar-refractivity contribution in [2.45, 2.75) is 0 Å². The van der Waals surface area contributed by atoms with Crippen LogP contribution in [0.3, 0.4) is 0 Å². The first-order valence-corrected chi connectivity index (χ1v) is 10.0. The zero-order valence-electron chi connectivity index (χ0n) is 16.1. The van der Waals surface area contributed by atoms with Gasteiger partial charge in [-0.15, -0.1) is 0 Å². The van der Waals surface area contributed by atoms with Crippen LogP contribution in [0, 0.1) is 0 Å². The van der Waals surface area contributed by atoms with E-state index in [4.69, 9.17) is 4.74 Å². The Morgan fingerprint density at radius 3 is 2.53 bits per heavy atom. The van der Waals surface area contributed by atoms with E-state index in [1.54, 1.807) is 37.5 Å². The molecule has 1 aliphatic heterocycles. The summed E-state index contributed by atoms with van der Waals surface area (Å²) in [6.45, 7) is -0.344. The number of nitrogens with zero attached hydrogens (tertiary/aromatic N) is 1. The molecule has 150 valence electrons. The molecule has 0 unspecified atom stereocenters. The van der Waals surface area contributed by atoms with Gasteiger partial charge in [0.2, 0.25) is 5.91 Å². The number of hydrogen-bond acceptors (Lipinski definition) is 5. The number of hydrogen-bond donors (Lipinski definition) is 1. The molecule has 3 amide bonds. The summed E-state index contributed by atoms with van der Waals surface area (Å²) in [5.41, 5.74) is 1.40. The Morgan fingerprint density at radius 2 is 1.77 bits per heavy atom. The van der Waals surface area contributed by atoms with Crippen molar-refractivity contribution in [1.82, 2.24) is 4.90 Å². The van der Waals surface area contributed by atoms with Gasteiger partial charge in [0.05, 0.1) is 12.0 Å². The second kappa shape index (κ2) is 8.42. The van der Waals surface area contributed by atoms with Gasteiger partial charge in [0.15, 0.2) is 0 Å². The Labute approximate surface area is 177 Å². The van der Waals surface area contributed by atoms with Crippen molar-refractivity contribution < 1.29 is 19.1 Å². The maximum absolute atomic E-state index is 12.7. The SMILES string of the molecule is COc1ccc(NC(=O)CN2C(=O)S/C(=C/c3cccc4ccccc34)C2=O)cc1. The summed E-state index contributed by atoms with van der Waals surface area (Å²) in [6, 6.07) is 20.4. The highest BCUT2D eigenvalue weighted by Gasteiger charge is 2.36. The molecule has 7 heteroatoms. The summed E-state index contributed by atoms with van der Waals surface area (Å²) >= 11 is 0.840. The van der Waals surface area contributed by atoms with E-state index in [-0.39, 0.29) is 6.54 Å². The average Bonchev–Trinajstić information content (AvgIpc) is 3.02. The minimum absolute atomic E-state index is 0.300. The van der Waals surface area contributed by atoms with Crippen molar-refractivity contribution in [3.8, 4) is 5.75 Å². The summed E-state index contributed by atoms with van der Waals surface area (Å²) < 4.78 is 5.08. The van der Waals surface area contributed by atoms with E-state index in [1.807, 2.05) is 42.5 Å². The van der Waals surface area contributed by atoms with Crippen LogP contribution in [0.25, 0.3) is 16.8 Å². The minimum Gasteiger partial charge on any atom is -0.497 e. The van der Waals surface area contributed by atoms with Crippen LogP contribution < -0.4 is 10.1 Å². The molecule has 1 heterocycles. The largest absolute Gasteiger partial charge is 0.497 e. The molecule has 0 bridgehead atoms. The van der Waals surface area contributed by atoms with Crippen molar-refractivity contribution in [1.29, 1.82) is 0 Å². The van der Waals surface area contributed by atoms with Crippen LogP contribution in [0.1, 0.15) is 5.56 Å². The number of carbonyl (C=O) groups is 3. The number of ether oxygens (including phenoxy) is 1. The fourth-order valence-electron chi connectivity index (χ4n) is 3.17. The molecule has 6 nitrogen and oxygen atoms in total. The van der Waals surface area contributed by atoms with Gasteiger partial charge < -0.3 is 10.1 Å². The zero-order valence-corrected chi connectivity index (χ0v) is 16.9. The molecule has 0 aliphatic carbocycles. The lowest BCUT2D eigenvalue weighted by Gasteiger charge is -2.12. The van der Waals surface area contributed by atoms with Gasteiger partial charge >= 0.3 is 0 Å². The first-order chi connectivity index (χ1) is 14.5. The lowest BCUT2D eigenvalue weighted by Crippen LogP contribution is -2.36. The fourth-order valence-corrected chi connectivity index (χ4v) is 4.00. The van der Waals surface area contributed by atoms with Crippen LogP contribution in [-0.4, -0.2) is 35.6 Å². The Bertz CT molecular complexity index is 1170. The van der Waals surface area contributed by atoms with E-state index in [1.165, 1.54) is 0 Å². The molecule has 0 saturated carbocycles. The lowest BCUT2D eigenvalue weighted by molar-refractivity contribution is -0.127. The second-order valence-corrected chi connectivity index (χ2v) is 7.61. The summed E-state index contributed by atoms with van der Waals surface area (Å²) in [5, 5.41) is 4.25. The zero-order chi connectivity index (χ0) is 21.1. The first kappa shape index (κ1) is 19.7. The van der Waals surface area contributed by atoms with Gasteiger partial charge in [0, 0.05) is 5.69 Å². The number of anilines is 1. The van der Waals surface area contributed by atoms with Gasteiger partial charge in [-0.05, 0) is 58.4 Å². The third kappa shape index (κ3) is 4.06. The van der Waals surface area contributed by atoms with Crippen molar-refractivity contribution in [2.24, 2.45) is 0 Å². The molecule has 3 aromatic carbocycles. The van der Waals surface area contributed by atoms with Crippen molar-refractivity contribution in [2.75, 3.05) is 19.0 Å². The molecule has 3 aromatic rings. The first-order valence-electron chi connectivity index (χ1n) is 9.22. The van der Waals surface area contributed by atoms with Gasteiger partial charge in [0.1, 0.15) is 12.3 Å². The van der Waals surface area contributed by atoms with E-state index in [9.17, 15) is 14.4 Å². The quantitative estimate of drug-likeness (QED) is 0.617. The Morgan fingerprint density at radius 1 is 1.03 bits per heavy atom. The van der Waals surface area contributed by atoms with Gasteiger partial charge in [-0.25, -0.2) is 0 Å². The molecule has 1 saturated heterocycles. The molecule has 0 spiro atoms. The number of methoxy groups -OCH3 is 1. The highest BCUT2D eigenvalue weighted by Crippen LogP contribution is 2.33. The monoisotopic (exact) mass is 418 g/mol. The van der Waals surface area contributed by atoms with E-state index in [2.05, 4.69) is 5.32 Å². The Hall–Kier alpha value is -3.58. The molecule has 4 rings (SSSR count). The van der Waals surface area contributed by atoms with Crippen molar-refractivity contribution >= 4 is 51.4 Å². The van der Waals surface area contributed by atoms with Crippen LogP contribution in [0.5, 0.6) is 5.75 Å². The normalized spacial score (nSPS) is 15.1. The lowest BCUT2D eigenvalue weighted by atomic mass is 10.0. The third-order valence-corrected chi connectivity index (χ3v) is 5.57. The summed E-state index contributed by atoms with van der Waals surface area (Å²) in [7, 11) is 1.55. The van der Waals surface area contributed by atoms with E-state index >= 15 is 0 Å². The maximum atomic E-state index is 12.7. The average molecular weight is 418 g/mol. The predicted octanol–water partition coefficient (Wildman–Crippen LogP) is 4.52. The van der Waals surface area contributed by atoms with Gasteiger partial charge in [-0.2, -0.15) is 0 Å². The third-order valence-electron chi connectivity index (χ3n) is 4.66. The molecular weight excluding hydrogens is 400 g/mol.